The quantitative estimate of drug-likeness (QED) is 0.408. The fourth-order valence-electron chi connectivity index (χ4n) is 3.75. The van der Waals surface area contributed by atoms with E-state index in [-0.39, 0.29) is 17.6 Å². The molecular formula is C28H32N2O4S. The molecule has 0 aromatic heterocycles. The van der Waals surface area contributed by atoms with Gasteiger partial charge in [0.2, 0.25) is 11.8 Å². The molecule has 35 heavy (non-hydrogen) atoms. The van der Waals surface area contributed by atoms with Crippen molar-refractivity contribution in [3.8, 4) is 11.5 Å². The molecule has 0 aliphatic heterocycles. The van der Waals surface area contributed by atoms with E-state index in [4.69, 9.17) is 9.47 Å². The van der Waals surface area contributed by atoms with Crippen LogP contribution in [-0.2, 0) is 28.3 Å². The van der Waals surface area contributed by atoms with E-state index in [2.05, 4.69) is 5.32 Å². The Kier molecular flexibility index (Phi) is 10.0. The number of methoxy groups -OCH3 is 2. The lowest BCUT2D eigenvalue weighted by Gasteiger charge is -2.31. The zero-order valence-electron chi connectivity index (χ0n) is 20.4. The van der Waals surface area contributed by atoms with Crippen LogP contribution >= 0.6 is 11.8 Å². The van der Waals surface area contributed by atoms with E-state index in [1.165, 1.54) is 11.8 Å². The molecule has 6 nitrogen and oxygen atoms in total. The number of benzene rings is 3. The molecule has 3 aromatic rings. The second kappa shape index (κ2) is 13.4. The molecule has 1 N–H and O–H groups in total. The highest BCUT2D eigenvalue weighted by atomic mass is 32.2. The highest BCUT2D eigenvalue weighted by Gasteiger charge is 2.29. The van der Waals surface area contributed by atoms with Gasteiger partial charge < -0.3 is 19.7 Å². The van der Waals surface area contributed by atoms with Gasteiger partial charge in [-0.1, -0.05) is 54.6 Å². The number of ether oxygens (including phenoxy) is 2. The molecule has 7 heteroatoms. The topological polar surface area (TPSA) is 67.9 Å². The predicted octanol–water partition coefficient (Wildman–Crippen LogP) is 4.32. The van der Waals surface area contributed by atoms with Gasteiger partial charge in [-0.15, -0.1) is 11.8 Å². The van der Waals surface area contributed by atoms with Gasteiger partial charge in [0.05, 0.1) is 20.0 Å². The van der Waals surface area contributed by atoms with Crippen LogP contribution < -0.4 is 14.8 Å². The molecule has 0 spiro atoms. The highest BCUT2D eigenvalue weighted by Crippen LogP contribution is 2.21. The summed E-state index contributed by atoms with van der Waals surface area (Å²) in [5.74, 6) is 2.18. The Bertz CT molecular complexity index is 1090. The third kappa shape index (κ3) is 7.79. The minimum atomic E-state index is -0.636. The molecule has 3 aromatic carbocycles. The van der Waals surface area contributed by atoms with Gasteiger partial charge >= 0.3 is 0 Å². The standard InChI is InChI=1S/C28H32N2O4S/c1-29-28(32)26(17-21-8-5-4-6-9-21)30(18-23-10-7-11-25(16-23)34-3)27(31)20-35-19-22-12-14-24(33-2)15-13-22/h4-16,26H,17-20H2,1-3H3,(H,29,32). The molecule has 0 saturated carbocycles. The van der Waals surface area contributed by atoms with Crippen molar-refractivity contribution in [2.75, 3.05) is 27.0 Å². The first-order valence-corrected chi connectivity index (χ1v) is 12.6. The molecule has 3 rings (SSSR count). The second-order valence-electron chi connectivity index (χ2n) is 8.03. The second-order valence-corrected chi connectivity index (χ2v) is 9.02. The number of hydrogen-bond donors (Lipinski definition) is 1. The summed E-state index contributed by atoms with van der Waals surface area (Å²) in [6, 6.07) is 24.5. The number of rotatable bonds is 12. The molecule has 2 amide bonds. The van der Waals surface area contributed by atoms with Crippen molar-refractivity contribution in [2.24, 2.45) is 0 Å². The number of carbonyl (C=O) groups is 2. The molecule has 0 heterocycles. The van der Waals surface area contributed by atoms with Crippen molar-refractivity contribution in [3.05, 3.63) is 95.6 Å². The van der Waals surface area contributed by atoms with E-state index < -0.39 is 6.04 Å². The number of hydrogen-bond acceptors (Lipinski definition) is 5. The molecule has 0 saturated heterocycles. The Hall–Kier alpha value is -3.45. The Morgan fingerprint density at radius 3 is 2.20 bits per heavy atom. The molecule has 0 radical (unpaired) electrons. The van der Waals surface area contributed by atoms with Crippen LogP contribution in [-0.4, -0.2) is 49.8 Å². The Morgan fingerprint density at radius 1 is 0.857 bits per heavy atom. The molecule has 0 fully saturated rings. The first kappa shape index (κ1) is 26.2. The summed E-state index contributed by atoms with van der Waals surface area (Å²) in [6.07, 6.45) is 0.430. The van der Waals surface area contributed by atoms with E-state index in [1.54, 1.807) is 26.2 Å². The van der Waals surface area contributed by atoms with Crippen molar-refractivity contribution in [1.82, 2.24) is 10.2 Å². The van der Waals surface area contributed by atoms with Gasteiger partial charge in [0.1, 0.15) is 17.5 Å². The number of nitrogens with one attached hydrogen (secondary N) is 1. The van der Waals surface area contributed by atoms with Crippen LogP contribution in [0.3, 0.4) is 0 Å². The molecule has 1 atom stereocenters. The van der Waals surface area contributed by atoms with Gasteiger partial charge in [0, 0.05) is 25.8 Å². The lowest BCUT2D eigenvalue weighted by Crippen LogP contribution is -2.50. The fraction of sp³-hybridized carbons (Fsp3) is 0.286. The largest absolute Gasteiger partial charge is 0.497 e. The highest BCUT2D eigenvalue weighted by molar-refractivity contribution is 7.99. The zero-order valence-corrected chi connectivity index (χ0v) is 21.2. The summed E-state index contributed by atoms with van der Waals surface area (Å²) in [5.41, 5.74) is 3.00. The number of carbonyl (C=O) groups excluding carboxylic acids is 2. The Balaban J connectivity index is 1.79. The van der Waals surface area contributed by atoms with Crippen LogP contribution in [0.15, 0.2) is 78.9 Å². The summed E-state index contributed by atoms with van der Waals surface area (Å²) >= 11 is 1.53. The van der Waals surface area contributed by atoms with E-state index in [0.717, 1.165) is 22.4 Å². The third-order valence-electron chi connectivity index (χ3n) is 5.66. The molecule has 0 aliphatic rings. The van der Waals surface area contributed by atoms with Crippen LogP contribution in [0.5, 0.6) is 11.5 Å². The van der Waals surface area contributed by atoms with Crippen molar-refractivity contribution >= 4 is 23.6 Å². The first-order valence-electron chi connectivity index (χ1n) is 11.4. The first-order chi connectivity index (χ1) is 17.0. The summed E-state index contributed by atoms with van der Waals surface area (Å²) in [5, 5.41) is 2.75. The van der Waals surface area contributed by atoms with Crippen LogP contribution in [0.1, 0.15) is 16.7 Å². The smallest absolute Gasteiger partial charge is 0.242 e. The van der Waals surface area contributed by atoms with Gasteiger partial charge in [-0.05, 0) is 41.0 Å². The van der Waals surface area contributed by atoms with Gasteiger partial charge in [-0.25, -0.2) is 0 Å². The van der Waals surface area contributed by atoms with Crippen LogP contribution in [0.2, 0.25) is 0 Å². The molecule has 0 bridgehead atoms. The van der Waals surface area contributed by atoms with Crippen LogP contribution in [0.4, 0.5) is 0 Å². The maximum absolute atomic E-state index is 13.5. The van der Waals surface area contributed by atoms with Gasteiger partial charge in [0.15, 0.2) is 0 Å². The van der Waals surface area contributed by atoms with Crippen LogP contribution in [0.25, 0.3) is 0 Å². The third-order valence-corrected chi connectivity index (χ3v) is 6.65. The van der Waals surface area contributed by atoms with Crippen molar-refractivity contribution in [2.45, 2.75) is 24.8 Å². The van der Waals surface area contributed by atoms with Crippen molar-refractivity contribution in [3.63, 3.8) is 0 Å². The Morgan fingerprint density at radius 2 is 1.54 bits per heavy atom. The minimum absolute atomic E-state index is 0.0872. The minimum Gasteiger partial charge on any atom is -0.497 e. The van der Waals surface area contributed by atoms with Gasteiger partial charge in [-0.2, -0.15) is 0 Å². The van der Waals surface area contributed by atoms with Crippen LogP contribution in [0, 0.1) is 0 Å². The maximum Gasteiger partial charge on any atom is 0.242 e. The number of amides is 2. The zero-order chi connectivity index (χ0) is 25.0. The average Bonchev–Trinajstić information content (AvgIpc) is 2.91. The molecule has 0 aliphatic carbocycles. The van der Waals surface area contributed by atoms with E-state index >= 15 is 0 Å². The van der Waals surface area contributed by atoms with Crippen molar-refractivity contribution in [1.29, 1.82) is 0 Å². The van der Waals surface area contributed by atoms with Crippen molar-refractivity contribution < 1.29 is 19.1 Å². The molecular weight excluding hydrogens is 460 g/mol. The number of nitrogens with zero attached hydrogens (tertiary/aromatic N) is 1. The molecule has 184 valence electrons. The Labute approximate surface area is 211 Å². The summed E-state index contributed by atoms with van der Waals surface area (Å²) in [7, 11) is 4.85. The monoisotopic (exact) mass is 492 g/mol. The summed E-state index contributed by atoms with van der Waals surface area (Å²) in [6.45, 7) is 0.310. The fourth-order valence-corrected chi connectivity index (χ4v) is 4.62. The van der Waals surface area contributed by atoms with Gasteiger partial charge in [0.25, 0.3) is 0 Å². The van der Waals surface area contributed by atoms with Gasteiger partial charge in [-0.3, -0.25) is 9.59 Å². The maximum atomic E-state index is 13.5. The number of likely N-dealkylation sites (N-methyl/N-ethyl adjacent to an activating group) is 1. The van der Waals surface area contributed by atoms with E-state index in [1.807, 2.05) is 78.9 Å². The summed E-state index contributed by atoms with van der Waals surface area (Å²) < 4.78 is 10.6. The van der Waals surface area contributed by atoms with E-state index in [0.29, 0.717) is 24.5 Å². The van der Waals surface area contributed by atoms with E-state index in [9.17, 15) is 9.59 Å². The normalized spacial score (nSPS) is 11.4. The number of thioether (sulfide) groups is 1. The average molecular weight is 493 g/mol. The lowest BCUT2D eigenvalue weighted by atomic mass is 10.0. The molecule has 1 unspecified atom stereocenters. The predicted molar refractivity (Wildman–Crippen MR) is 141 cm³/mol. The lowest BCUT2D eigenvalue weighted by molar-refractivity contribution is -0.139. The summed E-state index contributed by atoms with van der Waals surface area (Å²) in [4.78, 5) is 28.2. The SMILES string of the molecule is CNC(=O)C(Cc1ccccc1)N(Cc1cccc(OC)c1)C(=O)CSCc1ccc(OC)cc1.